The number of H-pyrrole nitrogens is 1. The number of rotatable bonds is 3. The predicted octanol–water partition coefficient (Wildman–Crippen LogP) is 1.88. The summed E-state index contributed by atoms with van der Waals surface area (Å²) in [4.78, 5) is 27.1. The lowest BCUT2D eigenvalue weighted by Crippen LogP contribution is -2.13. The number of aromatic amines is 1. The molecule has 0 aliphatic heterocycles. The highest BCUT2D eigenvalue weighted by Gasteiger charge is 2.29. The summed E-state index contributed by atoms with van der Waals surface area (Å²) in [7, 11) is 1.53. The highest BCUT2D eigenvalue weighted by atomic mass is 79.9. The van der Waals surface area contributed by atoms with Crippen LogP contribution in [-0.2, 0) is 0 Å². The Morgan fingerprint density at radius 2 is 2.21 bits per heavy atom. The molecule has 1 N–H and O–H groups in total. The lowest BCUT2D eigenvalue weighted by atomic mass is 10.2. The Balaban J connectivity index is 2.11. The fourth-order valence-corrected chi connectivity index (χ4v) is 2.32. The topological polar surface area (TPSA) is 80.8 Å². The number of hydrogen-bond acceptors (Lipinski definition) is 5. The van der Waals surface area contributed by atoms with Crippen LogP contribution in [0.25, 0.3) is 11.5 Å². The van der Waals surface area contributed by atoms with Gasteiger partial charge in [0.1, 0.15) is 16.5 Å². The molecule has 19 heavy (non-hydrogen) atoms. The van der Waals surface area contributed by atoms with Crippen molar-refractivity contribution in [2.45, 2.75) is 18.8 Å². The Morgan fingerprint density at radius 3 is 2.89 bits per heavy atom. The van der Waals surface area contributed by atoms with Gasteiger partial charge in [0.25, 0.3) is 5.56 Å². The van der Waals surface area contributed by atoms with Gasteiger partial charge in [-0.2, -0.15) is 0 Å². The molecule has 1 aliphatic carbocycles. The molecule has 98 valence electrons. The minimum Gasteiger partial charge on any atom is -0.481 e. The summed E-state index contributed by atoms with van der Waals surface area (Å²) < 4.78 is 5.55. The van der Waals surface area contributed by atoms with Gasteiger partial charge in [-0.1, -0.05) is 0 Å². The minimum absolute atomic E-state index is 0.190. The van der Waals surface area contributed by atoms with Crippen molar-refractivity contribution >= 4 is 15.9 Å². The molecule has 1 fully saturated rings. The molecule has 0 radical (unpaired) electrons. The summed E-state index contributed by atoms with van der Waals surface area (Å²) in [6, 6.07) is 1.64. The molecule has 2 heterocycles. The van der Waals surface area contributed by atoms with E-state index in [0.29, 0.717) is 27.8 Å². The van der Waals surface area contributed by atoms with E-state index in [9.17, 15) is 4.79 Å². The largest absolute Gasteiger partial charge is 0.481 e. The third kappa shape index (κ3) is 2.37. The lowest BCUT2D eigenvalue weighted by Gasteiger charge is -2.06. The summed E-state index contributed by atoms with van der Waals surface area (Å²) in [6.45, 7) is 0. The molecule has 0 spiro atoms. The number of aromatic nitrogens is 4. The quantitative estimate of drug-likeness (QED) is 0.933. The van der Waals surface area contributed by atoms with E-state index in [1.54, 1.807) is 6.07 Å². The first-order valence-corrected chi connectivity index (χ1v) is 6.64. The van der Waals surface area contributed by atoms with Gasteiger partial charge in [0.05, 0.1) is 12.8 Å². The van der Waals surface area contributed by atoms with Gasteiger partial charge in [0, 0.05) is 12.0 Å². The summed E-state index contributed by atoms with van der Waals surface area (Å²) in [5.74, 6) is 1.25. The van der Waals surface area contributed by atoms with Crippen LogP contribution in [0.15, 0.2) is 21.7 Å². The Morgan fingerprint density at radius 1 is 1.42 bits per heavy atom. The third-order valence-corrected chi connectivity index (χ3v) is 3.71. The second-order valence-corrected chi connectivity index (χ2v) is 5.13. The summed E-state index contributed by atoms with van der Waals surface area (Å²) in [6.07, 6.45) is 3.52. The number of ether oxygens (including phenoxy) is 1. The van der Waals surface area contributed by atoms with E-state index in [0.717, 1.165) is 18.5 Å². The number of halogens is 1. The molecule has 0 atom stereocenters. The molecular weight excluding hydrogens is 312 g/mol. The van der Waals surface area contributed by atoms with Crippen molar-refractivity contribution in [1.29, 1.82) is 0 Å². The molecule has 7 heteroatoms. The first-order valence-electron chi connectivity index (χ1n) is 5.85. The zero-order valence-electron chi connectivity index (χ0n) is 10.2. The van der Waals surface area contributed by atoms with Crippen LogP contribution in [0.4, 0.5) is 0 Å². The van der Waals surface area contributed by atoms with Gasteiger partial charge in [-0.05, 0) is 28.8 Å². The maximum atomic E-state index is 11.9. The second-order valence-electron chi connectivity index (χ2n) is 4.33. The van der Waals surface area contributed by atoms with Crippen LogP contribution in [0.5, 0.6) is 5.88 Å². The van der Waals surface area contributed by atoms with Crippen LogP contribution in [0.1, 0.15) is 24.5 Å². The van der Waals surface area contributed by atoms with Crippen LogP contribution < -0.4 is 10.3 Å². The van der Waals surface area contributed by atoms with Crippen molar-refractivity contribution in [2.75, 3.05) is 7.11 Å². The fourth-order valence-electron chi connectivity index (χ4n) is 1.81. The number of nitrogens with zero attached hydrogens (tertiary/aromatic N) is 3. The normalized spacial score (nSPS) is 14.4. The van der Waals surface area contributed by atoms with Crippen molar-refractivity contribution in [3.63, 3.8) is 0 Å². The van der Waals surface area contributed by atoms with Crippen molar-refractivity contribution in [3.8, 4) is 17.4 Å². The molecule has 1 aliphatic rings. The number of hydrogen-bond donors (Lipinski definition) is 1. The van der Waals surface area contributed by atoms with E-state index >= 15 is 0 Å². The van der Waals surface area contributed by atoms with E-state index in [-0.39, 0.29) is 5.56 Å². The molecule has 6 nitrogen and oxygen atoms in total. The Kier molecular flexibility index (Phi) is 3.06. The van der Waals surface area contributed by atoms with Gasteiger partial charge in [0.15, 0.2) is 5.82 Å². The van der Waals surface area contributed by atoms with Crippen molar-refractivity contribution in [1.82, 2.24) is 19.9 Å². The first kappa shape index (κ1) is 12.3. The molecule has 0 aromatic carbocycles. The summed E-state index contributed by atoms with van der Waals surface area (Å²) in [5.41, 5.74) is 1.15. The summed E-state index contributed by atoms with van der Waals surface area (Å²) in [5, 5.41) is 0. The van der Waals surface area contributed by atoms with Crippen LogP contribution in [-0.4, -0.2) is 27.0 Å². The van der Waals surface area contributed by atoms with E-state index in [1.807, 2.05) is 0 Å². The Labute approximate surface area is 117 Å². The van der Waals surface area contributed by atoms with Gasteiger partial charge in [-0.15, -0.1) is 0 Å². The predicted molar refractivity (Wildman–Crippen MR) is 72.1 cm³/mol. The van der Waals surface area contributed by atoms with Crippen LogP contribution in [0.2, 0.25) is 0 Å². The van der Waals surface area contributed by atoms with Crippen LogP contribution in [0.3, 0.4) is 0 Å². The highest BCUT2D eigenvalue weighted by Crippen LogP contribution is 2.41. The smallest absolute Gasteiger partial charge is 0.265 e. The number of methoxy groups -OCH3 is 1. The molecule has 0 bridgehead atoms. The van der Waals surface area contributed by atoms with Gasteiger partial charge in [0.2, 0.25) is 5.88 Å². The maximum Gasteiger partial charge on any atom is 0.265 e. The van der Waals surface area contributed by atoms with Gasteiger partial charge < -0.3 is 9.72 Å². The van der Waals surface area contributed by atoms with E-state index < -0.39 is 0 Å². The monoisotopic (exact) mass is 322 g/mol. The molecular formula is C12H11BrN4O2. The SMILES string of the molecule is COc1cc(-c2nc(C3CC3)c(Br)c(=O)[nH]2)ncn1. The maximum absolute atomic E-state index is 11.9. The molecule has 0 unspecified atom stereocenters. The van der Waals surface area contributed by atoms with Gasteiger partial charge >= 0.3 is 0 Å². The average molecular weight is 323 g/mol. The van der Waals surface area contributed by atoms with Crippen LogP contribution in [0, 0.1) is 0 Å². The third-order valence-electron chi connectivity index (χ3n) is 2.95. The van der Waals surface area contributed by atoms with Gasteiger partial charge in [-0.3, -0.25) is 4.79 Å². The summed E-state index contributed by atoms with van der Waals surface area (Å²) >= 11 is 3.29. The van der Waals surface area contributed by atoms with E-state index in [1.165, 1.54) is 13.4 Å². The lowest BCUT2D eigenvalue weighted by molar-refractivity contribution is 0.397. The average Bonchev–Trinajstić information content (AvgIpc) is 3.26. The van der Waals surface area contributed by atoms with Gasteiger partial charge in [-0.25, -0.2) is 15.0 Å². The van der Waals surface area contributed by atoms with E-state index in [2.05, 4.69) is 35.9 Å². The van der Waals surface area contributed by atoms with Crippen molar-refractivity contribution in [3.05, 3.63) is 32.9 Å². The zero-order chi connectivity index (χ0) is 13.4. The standard InChI is InChI=1S/C12H11BrN4O2/c1-19-8-4-7(14-5-15-8)11-16-10(6-2-3-6)9(13)12(18)17-11/h4-6H,2-3H2,1H3,(H,16,17,18). The first-order chi connectivity index (χ1) is 9.19. The van der Waals surface area contributed by atoms with Crippen molar-refractivity contribution < 1.29 is 4.74 Å². The molecule has 0 amide bonds. The molecule has 1 saturated carbocycles. The zero-order valence-corrected chi connectivity index (χ0v) is 11.8. The Hall–Kier alpha value is -1.76. The second kappa shape index (κ2) is 4.73. The number of nitrogens with one attached hydrogen (secondary N) is 1. The minimum atomic E-state index is -0.190. The molecule has 2 aromatic heterocycles. The van der Waals surface area contributed by atoms with Crippen molar-refractivity contribution in [2.24, 2.45) is 0 Å². The Bertz CT molecular complexity index is 682. The molecule has 0 saturated heterocycles. The molecule has 3 rings (SSSR count). The fraction of sp³-hybridized carbons (Fsp3) is 0.333. The highest BCUT2D eigenvalue weighted by molar-refractivity contribution is 9.10. The van der Waals surface area contributed by atoms with E-state index in [4.69, 9.17) is 4.74 Å². The van der Waals surface area contributed by atoms with Crippen LogP contribution >= 0.6 is 15.9 Å². The molecule has 2 aromatic rings.